The van der Waals surface area contributed by atoms with Gasteiger partial charge in [0.15, 0.2) is 0 Å². The molecule has 0 unspecified atom stereocenters. The van der Waals surface area contributed by atoms with Gasteiger partial charge in [0.2, 0.25) is 5.89 Å². The Hall–Kier alpha value is -3.25. The number of hydrogen-bond donors (Lipinski definition) is 1. The smallest absolute Gasteiger partial charge is 0.318 e. The van der Waals surface area contributed by atoms with Crippen LogP contribution in [0.25, 0.3) is 11.5 Å². The van der Waals surface area contributed by atoms with E-state index in [4.69, 9.17) is 9.15 Å². The van der Waals surface area contributed by atoms with Crippen molar-refractivity contribution in [2.75, 3.05) is 39.8 Å². The summed E-state index contributed by atoms with van der Waals surface area (Å²) in [7, 11) is -1.99. The fourth-order valence-electron chi connectivity index (χ4n) is 3.98. The second kappa shape index (κ2) is 11.4. The molecule has 0 radical (unpaired) electrons. The van der Waals surface area contributed by atoms with E-state index in [0.29, 0.717) is 54.8 Å². The molecule has 0 amide bonds. The van der Waals surface area contributed by atoms with Gasteiger partial charge in [-0.25, -0.2) is 4.98 Å². The van der Waals surface area contributed by atoms with E-state index in [1.54, 1.807) is 24.3 Å². The van der Waals surface area contributed by atoms with Crippen LogP contribution in [0.4, 0.5) is 0 Å². The van der Waals surface area contributed by atoms with E-state index in [9.17, 15) is 18.3 Å². The van der Waals surface area contributed by atoms with Crippen molar-refractivity contribution in [3.63, 3.8) is 0 Å². The van der Waals surface area contributed by atoms with Crippen LogP contribution < -0.4 is 4.74 Å². The summed E-state index contributed by atoms with van der Waals surface area (Å²) in [5.41, 5.74) is 3.39. The zero-order valence-corrected chi connectivity index (χ0v) is 22.1. The number of carboxylic acid groups (broad SMARTS) is 1. The molecule has 198 valence electrons. The number of aliphatic carboxylic acids is 1. The van der Waals surface area contributed by atoms with Crippen molar-refractivity contribution >= 4 is 16.2 Å². The van der Waals surface area contributed by atoms with Crippen molar-refractivity contribution in [2.45, 2.75) is 27.0 Å². The number of hydrogen-bond acceptors (Lipinski definition) is 7. The molecule has 37 heavy (non-hydrogen) atoms. The molecule has 0 spiro atoms. The summed E-state index contributed by atoms with van der Waals surface area (Å²) >= 11 is 0. The number of carboxylic acids is 1. The lowest BCUT2D eigenvalue weighted by Gasteiger charge is -2.34. The van der Waals surface area contributed by atoms with E-state index in [-0.39, 0.29) is 13.2 Å². The molecule has 1 N–H and O–H groups in total. The Kier molecular flexibility index (Phi) is 8.28. The number of rotatable bonds is 10. The second-order valence-electron chi connectivity index (χ2n) is 9.19. The highest BCUT2D eigenvalue weighted by molar-refractivity contribution is 7.86. The van der Waals surface area contributed by atoms with Crippen LogP contribution >= 0.6 is 0 Å². The average Bonchev–Trinajstić information content (AvgIpc) is 3.24. The van der Waals surface area contributed by atoms with Crippen LogP contribution in [-0.2, 0) is 28.2 Å². The summed E-state index contributed by atoms with van der Waals surface area (Å²) in [6.45, 7) is 5.27. The summed E-state index contributed by atoms with van der Waals surface area (Å²) in [4.78, 5) is 18.0. The van der Waals surface area contributed by atoms with E-state index in [2.05, 4.69) is 4.98 Å². The van der Waals surface area contributed by atoms with Crippen LogP contribution in [0.1, 0.15) is 22.6 Å². The number of nitrogens with zero attached hydrogens (tertiary/aromatic N) is 4. The fourth-order valence-corrected chi connectivity index (χ4v) is 5.52. The van der Waals surface area contributed by atoms with Gasteiger partial charge < -0.3 is 19.2 Å². The minimum absolute atomic E-state index is 0.0520. The van der Waals surface area contributed by atoms with Crippen molar-refractivity contribution in [3.05, 3.63) is 71.1 Å². The van der Waals surface area contributed by atoms with Crippen molar-refractivity contribution in [1.82, 2.24) is 18.5 Å². The lowest BCUT2D eigenvalue weighted by molar-refractivity contribution is -0.137. The lowest BCUT2D eigenvalue weighted by atomic mass is 10.1. The number of carbonyl (C=O) groups is 1. The van der Waals surface area contributed by atoms with Crippen molar-refractivity contribution in [3.8, 4) is 17.2 Å². The molecular weight excluding hydrogens is 496 g/mol. The molecule has 2 heterocycles. The van der Waals surface area contributed by atoms with Gasteiger partial charge in [-0.05, 0) is 50.7 Å². The van der Waals surface area contributed by atoms with Crippen LogP contribution in [0, 0.1) is 13.8 Å². The maximum absolute atomic E-state index is 13.1. The molecule has 1 aliphatic heterocycles. The Bertz CT molecular complexity index is 1310. The normalized spacial score (nSPS) is 15.2. The predicted molar refractivity (Wildman–Crippen MR) is 138 cm³/mol. The molecule has 0 bridgehead atoms. The van der Waals surface area contributed by atoms with Crippen molar-refractivity contribution in [1.29, 1.82) is 0 Å². The number of benzene rings is 2. The molecule has 0 aliphatic carbocycles. The predicted octanol–water partition coefficient (Wildman–Crippen LogP) is 2.92. The highest BCUT2D eigenvalue weighted by atomic mass is 32.2. The van der Waals surface area contributed by atoms with Crippen molar-refractivity contribution in [2.24, 2.45) is 0 Å². The standard InChI is InChI=1S/C26H32N4O6S/c1-19-4-8-22(9-5-19)26-27-24(20(2)36-26)18-35-23-10-6-21(7-11-23)16-30(17-25(31)32)37(33,34)29-14-12-28(3)13-15-29/h4-11H,12-18H2,1-3H3,(H,31,32). The van der Waals surface area contributed by atoms with E-state index in [0.717, 1.165) is 15.4 Å². The first-order chi connectivity index (χ1) is 17.6. The highest BCUT2D eigenvalue weighted by Gasteiger charge is 2.33. The molecule has 2 aromatic carbocycles. The maximum atomic E-state index is 13.1. The molecule has 3 aromatic rings. The Labute approximate surface area is 217 Å². The summed E-state index contributed by atoms with van der Waals surface area (Å²) in [5.74, 6) is 0.581. The molecule has 0 saturated carbocycles. The van der Waals surface area contributed by atoms with Crippen LogP contribution in [0.5, 0.6) is 5.75 Å². The first-order valence-corrected chi connectivity index (χ1v) is 13.4. The average molecular weight is 529 g/mol. The lowest BCUT2D eigenvalue weighted by Crippen LogP contribution is -2.52. The van der Waals surface area contributed by atoms with Gasteiger partial charge in [-0.2, -0.15) is 17.0 Å². The number of ether oxygens (including phenoxy) is 1. The Morgan fingerprint density at radius 3 is 2.32 bits per heavy atom. The molecule has 0 atom stereocenters. The van der Waals surface area contributed by atoms with E-state index >= 15 is 0 Å². The second-order valence-corrected chi connectivity index (χ2v) is 11.1. The molecule has 1 aromatic heterocycles. The van der Waals surface area contributed by atoms with E-state index in [1.165, 1.54) is 4.31 Å². The summed E-state index contributed by atoms with van der Waals surface area (Å²) in [6, 6.07) is 14.8. The Balaban J connectivity index is 1.40. The fraction of sp³-hybridized carbons (Fsp3) is 0.385. The monoisotopic (exact) mass is 528 g/mol. The quantitative estimate of drug-likeness (QED) is 0.427. The van der Waals surface area contributed by atoms with Gasteiger partial charge in [-0.1, -0.05) is 29.8 Å². The molecule has 1 aliphatic rings. The van der Waals surface area contributed by atoms with E-state index < -0.39 is 22.7 Å². The molecule has 10 nitrogen and oxygen atoms in total. The third-order valence-corrected chi connectivity index (χ3v) is 8.20. The van der Waals surface area contributed by atoms with Gasteiger partial charge in [-0.3, -0.25) is 4.79 Å². The molecular formula is C26H32N4O6S. The van der Waals surface area contributed by atoms with Gasteiger partial charge in [0.1, 0.15) is 30.4 Å². The van der Waals surface area contributed by atoms with Gasteiger partial charge in [0.25, 0.3) is 10.2 Å². The maximum Gasteiger partial charge on any atom is 0.318 e. The molecule has 1 fully saturated rings. The minimum atomic E-state index is -3.92. The first kappa shape index (κ1) is 26.8. The summed E-state index contributed by atoms with van der Waals surface area (Å²) in [6.07, 6.45) is 0. The topological polar surface area (TPSA) is 116 Å². The largest absolute Gasteiger partial charge is 0.487 e. The zero-order chi connectivity index (χ0) is 26.6. The third-order valence-electron chi connectivity index (χ3n) is 6.28. The third kappa shape index (κ3) is 6.75. The minimum Gasteiger partial charge on any atom is -0.487 e. The molecule has 11 heteroatoms. The number of piperazine rings is 1. The Morgan fingerprint density at radius 1 is 1.05 bits per heavy atom. The van der Waals surface area contributed by atoms with Crippen LogP contribution in [-0.4, -0.2) is 77.8 Å². The number of aromatic nitrogens is 1. The van der Waals surface area contributed by atoms with Gasteiger partial charge in [0.05, 0.1) is 0 Å². The number of oxazole rings is 1. The summed E-state index contributed by atoms with van der Waals surface area (Å²) in [5, 5.41) is 9.33. The molecule has 1 saturated heterocycles. The number of likely N-dealkylation sites (N-methyl/N-ethyl adjacent to an activating group) is 1. The summed E-state index contributed by atoms with van der Waals surface area (Å²) < 4.78 is 40.3. The first-order valence-electron chi connectivity index (χ1n) is 12.0. The molecule has 4 rings (SSSR count). The van der Waals surface area contributed by atoms with Gasteiger partial charge in [-0.15, -0.1) is 0 Å². The van der Waals surface area contributed by atoms with Crippen LogP contribution in [0.15, 0.2) is 52.9 Å². The van der Waals surface area contributed by atoms with E-state index in [1.807, 2.05) is 50.1 Å². The van der Waals surface area contributed by atoms with Gasteiger partial charge in [0, 0.05) is 38.3 Å². The van der Waals surface area contributed by atoms with Crippen molar-refractivity contribution < 1.29 is 27.5 Å². The zero-order valence-electron chi connectivity index (χ0n) is 21.3. The van der Waals surface area contributed by atoms with Crippen LogP contribution in [0.3, 0.4) is 0 Å². The van der Waals surface area contributed by atoms with Gasteiger partial charge >= 0.3 is 5.97 Å². The van der Waals surface area contributed by atoms with Crippen LogP contribution in [0.2, 0.25) is 0 Å². The highest BCUT2D eigenvalue weighted by Crippen LogP contribution is 2.24. The Morgan fingerprint density at radius 2 is 1.70 bits per heavy atom. The number of aryl methyl sites for hydroxylation is 2. The SMILES string of the molecule is Cc1ccc(-c2nc(COc3ccc(CN(CC(=O)O)S(=O)(=O)N4CCN(C)CC4)cc3)c(C)o2)cc1.